The fourth-order valence-corrected chi connectivity index (χ4v) is 3.69. The molecule has 2 aliphatic rings. The van der Waals surface area contributed by atoms with Crippen molar-refractivity contribution < 1.29 is 9.18 Å². The van der Waals surface area contributed by atoms with Crippen molar-refractivity contribution >= 4 is 16.9 Å². The molecule has 6 heteroatoms. The summed E-state index contributed by atoms with van der Waals surface area (Å²) in [5.41, 5.74) is 1.72. The molecule has 0 bridgehead atoms. The summed E-state index contributed by atoms with van der Waals surface area (Å²) in [5.74, 6) is 0.833. The number of hydrogen-bond acceptors (Lipinski definition) is 3. The summed E-state index contributed by atoms with van der Waals surface area (Å²) in [6, 6.07) is 5.60. The molecule has 1 aliphatic heterocycles. The van der Waals surface area contributed by atoms with E-state index in [0.717, 1.165) is 55.6 Å². The van der Waals surface area contributed by atoms with Gasteiger partial charge in [0.05, 0.1) is 17.6 Å². The van der Waals surface area contributed by atoms with Crippen LogP contribution in [-0.2, 0) is 4.79 Å². The first kappa shape index (κ1) is 15.6. The third-order valence-electron chi connectivity index (χ3n) is 5.06. The van der Waals surface area contributed by atoms with E-state index in [1.165, 1.54) is 12.1 Å². The van der Waals surface area contributed by atoms with Crippen molar-refractivity contribution in [2.45, 2.75) is 44.7 Å². The highest BCUT2D eigenvalue weighted by Gasteiger charge is 2.27. The zero-order chi connectivity index (χ0) is 16.7. The Bertz CT molecular complexity index is 760. The topological polar surface area (TPSA) is 50.2 Å². The molecular formula is C18H23FN4O. The average molecular weight is 330 g/mol. The molecule has 4 rings (SSSR count). The second kappa shape index (κ2) is 6.16. The van der Waals surface area contributed by atoms with E-state index in [4.69, 9.17) is 0 Å². The van der Waals surface area contributed by atoms with Crippen LogP contribution in [0, 0.1) is 12.7 Å². The van der Waals surface area contributed by atoms with Crippen LogP contribution in [0.3, 0.4) is 0 Å². The Morgan fingerprint density at radius 1 is 1.29 bits per heavy atom. The molecule has 1 aromatic heterocycles. The van der Waals surface area contributed by atoms with Crippen molar-refractivity contribution in [3.8, 4) is 0 Å². The molecule has 1 saturated carbocycles. The van der Waals surface area contributed by atoms with Crippen LogP contribution in [-0.4, -0.2) is 46.0 Å². The molecule has 1 aliphatic carbocycles. The van der Waals surface area contributed by atoms with Crippen LogP contribution in [0.4, 0.5) is 4.39 Å². The number of carbonyl (C=O) groups is 1. The van der Waals surface area contributed by atoms with Gasteiger partial charge in [-0.15, -0.1) is 0 Å². The summed E-state index contributed by atoms with van der Waals surface area (Å²) >= 11 is 0. The van der Waals surface area contributed by atoms with E-state index in [2.05, 4.69) is 19.8 Å². The van der Waals surface area contributed by atoms with Crippen molar-refractivity contribution in [1.29, 1.82) is 0 Å². The number of carbonyl (C=O) groups excluding carboxylic acids is 1. The molecular weight excluding hydrogens is 307 g/mol. The highest BCUT2D eigenvalue weighted by Crippen LogP contribution is 2.29. The van der Waals surface area contributed by atoms with Gasteiger partial charge in [0.25, 0.3) is 0 Å². The Labute approximate surface area is 140 Å². The van der Waals surface area contributed by atoms with Crippen LogP contribution >= 0.6 is 0 Å². The van der Waals surface area contributed by atoms with Crippen molar-refractivity contribution in [2.24, 2.45) is 0 Å². The molecule has 2 aromatic rings. The van der Waals surface area contributed by atoms with Crippen LogP contribution < -0.4 is 5.32 Å². The molecule has 24 heavy (non-hydrogen) atoms. The number of aromatic nitrogens is 2. The summed E-state index contributed by atoms with van der Waals surface area (Å²) in [4.78, 5) is 18.7. The lowest BCUT2D eigenvalue weighted by Gasteiger charge is -2.33. The number of halogens is 1. The lowest BCUT2D eigenvalue weighted by molar-refractivity contribution is -0.122. The zero-order valence-electron chi connectivity index (χ0n) is 14.0. The average Bonchev–Trinajstić information content (AvgIpc) is 3.29. The quantitative estimate of drug-likeness (QED) is 0.936. The third kappa shape index (κ3) is 3.15. The number of fused-ring (bicyclic) bond motifs is 1. The molecule has 2 fully saturated rings. The molecule has 128 valence electrons. The van der Waals surface area contributed by atoms with Crippen LogP contribution in [0.25, 0.3) is 11.0 Å². The Morgan fingerprint density at radius 3 is 2.75 bits per heavy atom. The Balaban J connectivity index is 1.42. The minimum atomic E-state index is -0.247. The fourth-order valence-electron chi connectivity index (χ4n) is 3.69. The second-order valence-electron chi connectivity index (χ2n) is 7.01. The van der Waals surface area contributed by atoms with E-state index in [1.807, 2.05) is 13.0 Å². The van der Waals surface area contributed by atoms with E-state index >= 15 is 0 Å². The maximum absolute atomic E-state index is 13.4. The third-order valence-corrected chi connectivity index (χ3v) is 5.06. The molecule has 2 heterocycles. The van der Waals surface area contributed by atoms with Gasteiger partial charge >= 0.3 is 0 Å². The van der Waals surface area contributed by atoms with Gasteiger partial charge in [0.15, 0.2) is 0 Å². The Morgan fingerprint density at radius 2 is 2.04 bits per heavy atom. The first-order chi connectivity index (χ1) is 11.6. The normalized spacial score (nSPS) is 19.8. The van der Waals surface area contributed by atoms with Gasteiger partial charge in [-0.1, -0.05) is 0 Å². The van der Waals surface area contributed by atoms with Crippen molar-refractivity contribution in [1.82, 2.24) is 19.8 Å². The number of amides is 1. The summed E-state index contributed by atoms with van der Waals surface area (Å²) < 4.78 is 15.6. The lowest BCUT2D eigenvalue weighted by atomic mass is 10.0. The van der Waals surface area contributed by atoms with E-state index in [1.54, 1.807) is 0 Å². The molecule has 1 aromatic carbocycles. The highest BCUT2D eigenvalue weighted by molar-refractivity contribution is 5.78. The molecule has 1 amide bonds. The van der Waals surface area contributed by atoms with Crippen molar-refractivity contribution in [3.63, 3.8) is 0 Å². The van der Waals surface area contributed by atoms with Gasteiger partial charge in [0.2, 0.25) is 5.91 Å². The SMILES string of the molecule is Cc1nc2cc(F)ccc2n1C1CCN(CC(=O)NC2CC2)CC1. The highest BCUT2D eigenvalue weighted by atomic mass is 19.1. The fraction of sp³-hybridized carbons (Fsp3) is 0.556. The van der Waals surface area contributed by atoms with E-state index < -0.39 is 0 Å². The number of aryl methyl sites for hydroxylation is 1. The molecule has 0 atom stereocenters. The van der Waals surface area contributed by atoms with Crippen molar-refractivity contribution in [2.75, 3.05) is 19.6 Å². The summed E-state index contributed by atoms with van der Waals surface area (Å²) in [6.07, 6.45) is 4.23. The molecule has 0 radical (unpaired) electrons. The lowest BCUT2D eigenvalue weighted by Crippen LogP contribution is -2.42. The number of rotatable bonds is 4. The van der Waals surface area contributed by atoms with Gasteiger partial charge in [-0.3, -0.25) is 9.69 Å². The standard InChI is InChI=1S/C18H23FN4O/c1-12-20-16-10-13(19)2-5-17(16)23(12)15-6-8-22(9-7-15)11-18(24)21-14-3-4-14/h2,5,10,14-15H,3-4,6-9,11H2,1H3,(H,21,24). The number of nitrogens with zero attached hydrogens (tertiary/aromatic N) is 3. The maximum atomic E-state index is 13.4. The minimum absolute atomic E-state index is 0.149. The Hall–Kier alpha value is -1.95. The van der Waals surface area contributed by atoms with Crippen LogP contribution in [0.15, 0.2) is 18.2 Å². The van der Waals surface area contributed by atoms with Crippen LogP contribution in [0.1, 0.15) is 37.5 Å². The number of hydrogen-bond donors (Lipinski definition) is 1. The number of benzene rings is 1. The minimum Gasteiger partial charge on any atom is -0.352 e. The van der Waals surface area contributed by atoms with Gasteiger partial charge in [-0.05, 0) is 44.7 Å². The first-order valence-electron chi connectivity index (χ1n) is 8.76. The molecule has 0 unspecified atom stereocenters. The summed E-state index contributed by atoms with van der Waals surface area (Å²) in [5, 5.41) is 3.05. The van der Waals surface area contributed by atoms with E-state index in [9.17, 15) is 9.18 Å². The van der Waals surface area contributed by atoms with Gasteiger partial charge < -0.3 is 9.88 Å². The maximum Gasteiger partial charge on any atom is 0.234 e. The monoisotopic (exact) mass is 330 g/mol. The smallest absolute Gasteiger partial charge is 0.234 e. The largest absolute Gasteiger partial charge is 0.352 e. The molecule has 1 saturated heterocycles. The predicted octanol–water partition coefficient (Wildman–Crippen LogP) is 2.40. The Kier molecular flexibility index (Phi) is 4.00. The first-order valence-corrected chi connectivity index (χ1v) is 8.76. The van der Waals surface area contributed by atoms with Gasteiger partial charge in [0.1, 0.15) is 11.6 Å². The van der Waals surface area contributed by atoms with E-state index in [-0.39, 0.29) is 11.7 Å². The molecule has 5 nitrogen and oxygen atoms in total. The van der Waals surface area contributed by atoms with Gasteiger partial charge in [-0.25, -0.2) is 9.37 Å². The zero-order valence-corrected chi connectivity index (χ0v) is 14.0. The number of nitrogens with one attached hydrogen (secondary N) is 1. The van der Waals surface area contributed by atoms with Gasteiger partial charge in [-0.2, -0.15) is 0 Å². The summed E-state index contributed by atoms with van der Waals surface area (Å²) in [6.45, 7) is 4.29. The van der Waals surface area contributed by atoms with Crippen LogP contribution in [0.5, 0.6) is 0 Å². The van der Waals surface area contributed by atoms with Gasteiger partial charge in [0, 0.05) is 31.2 Å². The molecule has 1 N–H and O–H groups in total. The van der Waals surface area contributed by atoms with Crippen LogP contribution in [0.2, 0.25) is 0 Å². The predicted molar refractivity (Wildman–Crippen MR) is 90.3 cm³/mol. The molecule has 0 spiro atoms. The number of likely N-dealkylation sites (tertiary alicyclic amines) is 1. The number of imidazole rings is 1. The van der Waals surface area contributed by atoms with E-state index in [0.29, 0.717) is 18.6 Å². The van der Waals surface area contributed by atoms with Crippen molar-refractivity contribution in [3.05, 3.63) is 29.8 Å². The summed E-state index contributed by atoms with van der Waals surface area (Å²) in [7, 11) is 0. The second-order valence-corrected chi connectivity index (χ2v) is 7.01. The number of piperidine rings is 1.